The minimum absolute atomic E-state index is 0.0569. The first-order valence-corrected chi connectivity index (χ1v) is 12.4. The van der Waals surface area contributed by atoms with Crippen molar-refractivity contribution in [2.75, 3.05) is 44.2 Å². The van der Waals surface area contributed by atoms with Crippen LogP contribution in [-0.2, 0) is 6.54 Å². The van der Waals surface area contributed by atoms with Crippen molar-refractivity contribution in [1.29, 1.82) is 0 Å². The number of hydrogen-bond acceptors (Lipinski definition) is 8. The molecule has 10 heteroatoms. The van der Waals surface area contributed by atoms with Gasteiger partial charge >= 0.3 is 0 Å². The summed E-state index contributed by atoms with van der Waals surface area (Å²) >= 11 is 0. The number of hydrogen-bond donors (Lipinski definition) is 0. The Kier molecular flexibility index (Phi) is 6.95. The lowest BCUT2D eigenvalue weighted by Gasteiger charge is -2.35. The molecule has 2 fully saturated rings. The highest BCUT2D eigenvalue weighted by molar-refractivity contribution is 6.00. The largest absolute Gasteiger partial charge is 0.371 e. The minimum atomic E-state index is -0.441. The van der Waals surface area contributed by atoms with Crippen LogP contribution in [0.3, 0.4) is 0 Å². The Morgan fingerprint density at radius 3 is 2.42 bits per heavy atom. The monoisotopic (exact) mass is 490 g/mol. The molecule has 0 bridgehead atoms. The highest BCUT2D eigenvalue weighted by Crippen LogP contribution is 2.29. The second kappa shape index (κ2) is 10.4. The van der Waals surface area contributed by atoms with Crippen molar-refractivity contribution in [2.45, 2.75) is 32.7 Å². The van der Waals surface area contributed by atoms with Gasteiger partial charge in [-0.05, 0) is 32.3 Å². The van der Waals surface area contributed by atoms with E-state index in [1.165, 1.54) is 24.1 Å². The third-order valence-electron chi connectivity index (χ3n) is 6.91. The van der Waals surface area contributed by atoms with Crippen LogP contribution in [-0.4, -0.2) is 70.0 Å². The number of piperazine rings is 1. The van der Waals surface area contributed by atoms with Gasteiger partial charge in [0, 0.05) is 57.0 Å². The Balaban J connectivity index is 1.24. The van der Waals surface area contributed by atoms with E-state index < -0.39 is 4.92 Å². The van der Waals surface area contributed by atoms with E-state index in [4.69, 9.17) is 4.52 Å². The molecule has 2 aromatic carbocycles. The summed E-state index contributed by atoms with van der Waals surface area (Å²) in [6.07, 6.45) is 3.29. The van der Waals surface area contributed by atoms with E-state index in [1.807, 2.05) is 31.2 Å². The Morgan fingerprint density at radius 2 is 1.72 bits per heavy atom. The van der Waals surface area contributed by atoms with Crippen LogP contribution in [0.25, 0.3) is 11.4 Å². The highest BCUT2D eigenvalue weighted by Gasteiger charge is 2.28. The molecule has 0 radical (unpaired) electrons. The maximum absolute atomic E-state index is 13.5. The molecule has 2 saturated heterocycles. The van der Waals surface area contributed by atoms with Gasteiger partial charge in [0.25, 0.3) is 11.6 Å². The molecule has 0 spiro atoms. The number of nitro groups is 1. The molecular formula is C26H30N6O4. The molecule has 1 aromatic heterocycles. The van der Waals surface area contributed by atoms with Crippen molar-refractivity contribution in [3.05, 3.63) is 69.6 Å². The molecule has 2 aliphatic rings. The average Bonchev–Trinajstić information content (AvgIpc) is 3.37. The Bertz CT molecular complexity index is 1230. The van der Waals surface area contributed by atoms with E-state index in [9.17, 15) is 14.9 Å². The van der Waals surface area contributed by atoms with Gasteiger partial charge in [0.2, 0.25) is 11.7 Å². The number of non-ortho nitro benzene ring substituents is 1. The molecule has 3 aromatic rings. The molecule has 5 rings (SSSR count). The molecular weight excluding hydrogens is 460 g/mol. The first kappa shape index (κ1) is 23.9. The first-order chi connectivity index (χ1) is 17.5. The van der Waals surface area contributed by atoms with Crippen molar-refractivity contribution in [2.24, 2.45) is 0 Å². The van der Waals surface area contributed by atoms with Gasteiger partial charge in [0.15, 0.2) is 0 Å². The number of aryl methyl sites for hydroxylation is 1. The van der Waals surface area contributed by atoms with Gasteiger partial charge < -0.3 is 14.3 Å². The van der Waals surface area contributed by atoms with E-state index in [2.05, 4.69) is 19.9 Å². The predicted molar refractivity (Wildman–Crippen MR) is 135 cm³/mol. The number of amides is 1. The second-order valence-corrected chi connectivity index (χ2v) is 9.45. The number of nitro benzene ring substituents is 1. The maximum Gasteiger partial charge on any atom is 0.270 e. The Labute approximate surface area is 209 Å². The zero-order chi connectivity index (χ0) is 25.1. The SMILES string of the molecule is Cc1ccc(-c2noc(CN3CCN(C(=O)c4cc([N+](=O)[O-])ccc4N4CCCCC4)CC3)n2)cc1. The first-order valence-electron chi connectivity index (χ1n) is 12.4. The average molecular weight is 491 g/mol. The molecule has 0 atom stereocenters. The van der Waals surface area contributed by atoms with Crippen LogP contribution in [0.1, 0.15) is 41.1 Å². The summed E-state index contributed by atoms with van der Waals surface area (Å²) in [6, 6.07) is 12.6. The van der Waals surface area contributed by atoms with Crippen LogP contribution in [0.5, 0.6) is 0 Å². The van der Waals surface area contributed by atoms with Gasteiger partial charge in [-0.25, -0.2) is 0 Å². The van der Waals surface area contributed by atoms with Gasteiger partial charge in [0.05, 0.1) is 22.7 Å². The molecule has 36 heavy (non-hydrogen) atoms. The zero-order valence-corrected chi connectivity index (χ0v) is 20.4. The van der Waals surface area contributed by atoms with Crippen LogP contribution in [0, 0.1) is 17.0 Å². The van der Waals surface area contributed by atoms with Crippen molar-refractivity contribution < 1.29 is 14.2 Å². The Morgan fingerprint density at radius 1 is 1.00 bits per heavy atom. The van der Waals surface area contributed by atoms with Crippen molar-refractivity contribution in [3.8, 4) is 11.4 Å². The van der Waals surface area contributed by atoms with E-state index in [0.29, 0.717) is 50.0 Å². The third-order valence-corrected chi connectivity index (χ3v) is 6.91. The summed E-state index contributed by atoms with van der Waals surface area (Å²) in [7, 11) is 0. The van der Waals surface area contributed by atoms with Crippen LogP contribution in [0.2, 0.25) is 0 Å². The van der Waals surface area contributed by atoms with Crippen LogP contribution >= 0.6 is 0 Å². The second-order valence-electron chi connectivity index (χ2n) is 9.45. The number of piperidine rings is 1. The highest BCUT2D eigenvalue weighted by atomic mass is 16.6. The molecule has 188 valence electrons. The lowest BCUT2D eigenvalue weighted by Crippen LogP contribution is -2.48. The van der Waals surface area contributed by atoms with Crippen LogP contribution in [0.15, 0.2) is 47.0 Å². The van der Waals surface area contributed by atoms with E-state index in [1.54, 1.807) is 11.0 Å². The third kappa shape index (κ3) is 5.23. The lowest BCUT2D eigenvalue weighted by molar-refractivity contribution is -0.384. The summed E-state index contributed by atoms with van der Waals surface area (Å²) < 4.78 is 5.46. The predicted octanol–water partition coefficient (Wildman–Crippen LogP) is 3.90. The molecule has 1 amide bonds. The van der Waals surface area contributed by atoms with Gasteiger partial charge in [-0.2, -0.15) is 4.98 Å². The van der Waals surface area contributed by atoms with Crippen LogP contribution < -0.4 is 4.90 Å². The molecule has 2 aliphatic heterocycles. The Hall–Kier alpha value is -3.79. The summed E-state index contributed by atoms with van der Waals surface area (Å²) in [4.78, 5) is 35.1. The molecule has 10 nitrogen and oxygen atoms in total. The summed E-state index contributed by atoms with van der Waals surface area (Å²) in [6.45, 7) is 6.63. The summed E-state index contributed by atoms with van der Waals surface area (Å²) in [5, 5.41) is 15.5. The minimum Gasteiger partial charge on any atom is -0.371 e. The summed E-state index contributed by atoms with van der Waals surface area (Å²) in [5.74, 6) is 0.949. The molecule has 3 heterocycles. The number of aromatic nitrogens is 2. The molecule has 0 saturated carbocycles. The zero-order valence-electron chi connectivity index (χ0n) is 20.4. The standard InChI is InChI=1S/C26H30N6O4/c1-19-5-7-20(8-6-19)25-27-24(36-28-25)18-29-13-15-31(16-14-29)26(33)22-17-21(32(34)35)9-10-23(22)30-11-3-2-4-12-30/h5-10,17H,2-4,11-16,18H2,1H3. The van der Waals surface area contributed by atoms with E-state index >= 15 is 0 Å². The smallest absolute Gasteiger partial charge is 0.270 e. The number of carbonyl (C=O) groups excluding carboxylic acids is 1. The maximum atomic E-state index is 13.5. The fourth-order valence-corrected chi connectivity index (χ4v) is 4.83. The quantitative estimate of drug-likeness (QED) is 0.378. The summed E-state index contributed by atoms with van der Waals surface area (Å²) in [5.41, 5.74) is 3.23. The number of benzene rings is 2. The fraction of sp³-hybridized carbons (Fsp3) is 0.423. The van der Waals surface area contributed by atoms with Crippen molar-refractivity contribution in [1.82, 2.24) is 19.9 Å². The number of anilines is 1. The number of rotatable bonds is 6. The van der Waals surface area contributed by atoms with Crippen LogP contribution in [0.4, 0.5) is 11.4 Å². The van der Waals surface area contributed by atoms with E-state index in [0.717, 1.165) is 37.2 Å². The molecule has 0 aliphatic carbocycles. The molecule has 0 N–H and O–H groups in total. The van der Waals surface area contributed by atoms with Crippen molar-refractivity contribution in [3.63, 3.8) is 0 Å². The lowest BCUT2D eigenvalue weighted by atomic mass is 10.0. The van der Waals surface area contributed by atoms with Gasteiger partial charge in [-0.15, -0.1) is 0 Å². The normalized spacial score (nSPS) is 16.8. The van der Waals surface area contributed by atoms with Crippen molar-refractivity contribution >= 4 is 17.3 Å². The number of nitrogens with zero attached hydrogens (tertiary/aromatic N) is 6. The van der Waals surface area contributed by atoms with Gasteiger partial charge in [0.1, 0.15) is 0 Å². The van der Waals surface area contributed by atoms with Gasteiger partial charge in [-0.3, -0.25) is 19.8 Å². The van der Waals surface area contributed by atoms with Gasteiger partial charge in [-0.1, -0.05) is 35.0 Å². The topological polar surface area (TPSA) is 109 Å². The fourth-order valence-electron chi connectivity index (χ4n) is 4.83. The molecule has 0 unspecified atom stereocenters. The number of carbonyl (C=O) groups is 1. The van der Waals surface area contributed by atoms with E-state index in [-0.39, 0.29) is 11.6 Å².